The number of amides is 1. The first kappa shape index (κ1) is 19.5. The number of thiophene rings is 1. The van der Waals surface area contributed by atoms with Crippen LogP contribution in [0, 0.1) is 0 Å². The number of carbonyl (C=O) groups is 1. The Morgan fingerprint density at radius 2 is 1.89 bits per heavy atom. The molecule has 27 heavy (non-hydrogen) atoms. The van der Waals surface area contributed by atoms with Gasteiger partial charge in [0, 0.05) is 0 Å². The molecule has 1 N–H and O–H groups in total. The van der Waals surface area contributed by atoms with E-state index < -0.39 is 15.1 Å². The standard InChI is InChI=1S/C17H16ClN3O4S2/c1-10(2)27(23,24)12-5-3-11(4-6-12)9-15-20-21-17(25-15)19-16(22)13-7-8-14(18)26-13/h3-8,10H,9H2,1-2H3,(H,19,21,22). The molecule has 0 aliphatic rings. The summed E-state index contributed by atoms with van der Waals surface area (Å²) in [6.07, 6.45) is 0.315. The lowest BCUT2D eigenvalue weighted by atomic mass is 10.1. The number of rotatable bonds is 6. The molecule has 0 bridgehead atoms. The molecule has 2 heterocycles. The largest absolute Gasteiger partial charge is 0.407 e. The van der Waals surface area contributed by atoms with E-state index in [0.29, 0.717) is 21.5 Å². The molecule has 0 aliphatic heterocycles. The third-order valence-electron chi connectivity index (χ3n) is 3.71. The molecule has 0 radical (unpaired) electrons. The molecular weight excluding hydrogens is 410 g/mol. The van der Waals surface area contributed by atoms with Gasteiger partial charge in [-0.1, -0.05) is 28.8 Å². The van der Waals surface area contributed by atoms with Gasteiger partial charge < -0.3 is 4.42 Å². The summed E-state index contributed by atoms with van der Waals surface area (Å²) < 4.78 is 30.2. The molecule has 0 unspecified atom stereocenters. The second kappa shape index (κ2) is 7.79. The van der Waals surface area contributed by atoms with Crippen LogP contribution in [0.4, 0.5) is 6.01 Å². The van der Waals surface area contributed by atoms with Gasteiger partial charge in [-0.15, -0.1) is 16.4 Å². The molecule has 0 fully saturated rings. The summed E-state index contributed by atoms with van der Waals surface area (Å²) in [6, 6.07) is 9.74. The van der Waals surface area contributed by atoms with E-state index in [1.54, 1.807) is 50.2 Å². The van der Waals surface area contributed by atoms with Crippen LogP contribution in [-0.4, -0.2) is 29.8 Å². The van der Waals surface area contributed by atoms with E-state index in [2.05, 4.69) is 15.5 Å². The molecule has 10 heteroatoms. The van der Waals surface area contributed by atoms with E-state index in [0.717, 1.165) is 16.9 Å². The van der Waals surface area contributed by atoms with Crippen molar-refractivity contribution >= 4 is 44.7 Å². The summed E-state index contributed by atoms with van der Waals surface area (Å²) in [6.45, 7) is 3.28. The monoisotopic (exact) mass is 425 g/mol. The van der Waals surface area contributed by atoms with Crippen LogP contribution in [0.3, 0.4) is 0 Å². The van der Waals surface area contributed by atoms with Crippen molar-refractivity contribution in [2.24, 2.45) is 0 Å². The van der Waals surface area contributed by atoms with Crippen molar-refractivity contribution in [3.8, 4) is 0 Å². The van der Waals surface area contributed by atoms with Crippen molar-refractivity contribution in [2.75, 3.05) is 5.32 Å². The molecule has 0 saturated carbocycles. The molecule has 2 aromatic heterocycles. The molecule has 3 aromatic rings. The molecule has 7 nitrogen and oxygen atoms in total. The van der Waals surface area contributed by atoms with Crippen molar-refractivity contribution in [1.82, 2.24) is 10.2 Å². The van der Waals surface area contributed by atoms with Crippen LogP contribution in [0.1, 0.15) is 35.0 Å². The number of hydrogen-bond acceptors (Lipinski definition) is 7. The highest BCUT2D eigenvalue weighted by Crippen LogP contribution is 2.22. The van der Waals surface area contributed by atoms with E-state index in [9.17, 15) is 13.2 Å². The molecule has 1 amide bonds. The lowest BCUT2D eigenvalue weighted by Gasteiger charge is -2.08. The van der Waals surface area contributed by atoms with Crippen LogP contribution in [0.15, 0.2) is 45.7 Å². The number of nitrogens with zero attached hydrogens (tertiary/aromatic N) is 2. The summed E-state index contributed by atoms with van der Waals surface area (Å²) in [5, 5.41) is 9.71. The SMILES string of the molecule is CC(C)S(=O)(=O)c1ccc(Cc2nnc(NC(=O)c3ccc(Cl)s3)o2)cc1. The second-order valence-electron chi connectivity index (χ2n) is 5.97. The second-order valence-corrected chi connectivity index (χ2v) is 10.2. The highest BCUT2D eigenvalue weighted by Gasteiger charge is 2.19. The van der Waals surface area contributed by atoms with Crippen molar-refractivity contribution < 1.29 is 17.6 Å². The quantitative estimate of drug-likeness (QED) is 0.644. The number of hydrogen-bond donors (Lipinski definition) is 1. The van der Waals surface area contributed by atoms with Crippen LogP contribution in [-0.2, 0) is 16.3 Å². The van der Waals surface area contributed by atoms with Crippen LogP contribution < -0.4 is 5.32 Å². The molecular formula is C17H16ClN3O4S2. The van der Waals surface area contributed by atoms with Crippen LogP contribution >= 0.6 is 22.9 Å². The fourth-order valence-electron chi connectivity index (χ4n) is 2.21. The zero-order valence-corrected chi connectivity index (χ0v) is 16.9. The summed E-state index contributed by atoms with van der Waals surface area (Å²) in [5.41, 5.74) is 0.810. The normalized spacial score (nSPS) is 11.7. The number of halogens is 1. The number of benzene rings is 1. The highest BCUT2D eigenvalue weighted by molar-refractivity contribution is 7.92. The van der Waals surface area contributed by atoms with Gasteiger partial charge in [0.2, 0.25) is 5.89 Å². The molecule has 0 spiro atoms. The van der Waals surface area contributed by atoms with Gasteiger partial charge in [-0.05, 0) is 43.7 Å². The van der Waals surface area contributed by atoms with E-state index in [-0.39, 0.29) is 16.8 Å². The van der Waals surface area contributed by atoms with Crippen molar-refractivity contribution in [3.05, 3.63) is 57.1 Å². The first-order valence-electron chi connectivity index (χ1n) is 7.97. The summed E-state index contributed by atoms with van der Waals surface area (Å²) in [4.78, 5) is 12.7. The molecule has 1 aromatic carbocycles. The Hall–Kier alpha value is -2.23. The Labute approximate surface area is 165 Å². The Bertz CT molecular complexity index is 1060. The first-order valence-corrected chi connectivity index (χ1v) is 10.7. The Morgan fingerprint density at radius 1 is 1.19 bits per heavy atom. The maximum absolute atomic E-state index is 12.1. The predicted molar refractivity (Wildman–Crippen MR) is 103 cm³/mol. The highest BCUT2D eigenvalue weighted by atomic mass is 35.5. The predicted octanol–water partition coefficient (Wildman–Crippen LogP) is 3.81. The molecule has 142 valence electrons. The van der Waals surface area contributed by atoms with Crippen molar-refractivity contribution in [2.45, 2.75) is 30.4 Å². The summed E-state index contributed by atoms with van der Waals surface area (Å²) in [5.74, 6) is -0.0840. The van der Waals surface area contributed by atoms with Gasteiger partial charge in [0.1, 0.15) is 0 Å². The fraction of sp³-hybridized carbons (Fsp3) is 0.235. The molecule has 0 saturated heterocycles. The summed E-state index contributed by atoms with van der Waals surface area (Å²) in [7, 11) is -3.31. The van der Waals surface area contributed by atoms with Crippen LogP contribution in [0.2, 0.25) is 4.34 Å². The zero-order valence-electron chi connectivity index (χ0n) is 14.5. The number of anilines is 1. The molecule has 3 rings (SSSR count). The Kier molecular flexibility index (Phi) is 5.64. The smallest absolute Gasteiger partial charge is 0.322 e. The lowest BCUT2D eigenvalue weighted by Crippen LogP contribution is -2.13. The topological polar surface area (TPSA) is 102 Å². The summed E-state index contributed by atoms with van der Waals surface area (Å²) >= 11 is 6.95. The van der Waals surface area contributed by atoms with Gasteiger partial charge in [0.25, 0.3) is 5.91 Å². The zero-order chi connectivity index (χ0) is 19.6. The van der Waals surface area contributed by atoms with Crippen LogP contribution in [0.5, 0.6) is 0 Å². The van der Waals surface area contributed by atoms with E-state index in [1.807, 2.05) is 0 Å². The first-order chi connectivity index (χ1) is 12.8. The van der Waals surface area contributed by atoms with Gasteiger partial charge in [0.05, 0.1) is 25.8 Å². The van der Waals surface area contributed by atoms with Gasteiger partial charge in [-0.2, -0.15) is 0 Å². The molecule has 0 atom stereocenters. The molecule has 0 aliphatic carbocycles. The van der Waals surface area contributed by atoms with Crippen molar-refractivity contribution in [3.63, 3.8) is 0 Å². The van der Waals surface area contributed by atoms with E-state index in [1.165, 1.54) is 0 Å². The van der Waals surface area contributed by atoms with Crippen LogP contribution in [0.25, 0.3) is 0 Å². The van der Waals surface area contributed by atoms with Gasteiger partial charge >= 0.3 is 6.01 Å². The van der Waals surface area contributed by atoms with Gasteiger partial charge in [-0.3, -0.25) is 10.1 Å². The number of nitrogens with one attached hydrogen (secondary N) is 1. The minimum absolute atomic E-state index is 0.0153. The minimum Gasteiger partial charge on any atom is -0.407 e. The van der Waals surface area contributed by atoms with E-state index in [4.69, 9.17) is 16.0 Å². The van der Waals surface area contributed by atoms with Gasteiger partial charge in [-0.25, -0.2) is 8.42 Å². The Morgan fingerprint density at radius 3 is 2.48 bits per heavy atom. The minimum atomic E-state index is -3.31. The van der Waals surface area contributed by atoms with E-state index >= 15 is 0 Å². The maximum Gasteiger partial charge on any atom is 0.322 e. The number of carbonyl (C=O) groups excluding carboxylic acids is 1. The Balaban J connectivity index is 1.66. The maximum atomic E-state index is 12.1. The van der Waals surface area contributed by atoms with Gasteiger partial charge in [0.15, 0.2) is 9.84 Å². The third kappa shape index (κ3) is 4.55. The fourth-order valence-corrected chi connectivity index (χ4v) is 4.21. The van der Waals surface area contributed by atoms with Crippen molar-refractivity contribution in [1.29, 1.82) is 0 Å². The number of sulfone groups is 1. The average Bonchev–Trinajstić information content (AvgIpc) is 3.24. The average molecular weight is 426 g/mol. The lowest BCUT2D eigenvalue weighted by molar-refractivity contribution is 0.102. The number of aromatic nitrogens is 2. The third-order valence-corrected chi connectivity index (χ3v) is 7.11.